The SMILES string of the molecule is C[Se]CCO. The maximum absolute atomic E-state index is 8.08. The Labute approximate surface area is 38.5 Å². The summed E-state index contributed by atoms with van der Waals surface area (Å²) in [6, 6.07) is 0. The summed E-state index contributed by atoms with van der Waals surface area (Å²) in [4.78, 5) is 0. The molecule has 0 saturated carbocycles. The van der Waals surface area contributed by atoms with Crippen molar-refractivity contribution in [1.29, 1.82) is 0 Å². The van der Waals surface area contributed by atoms with E-state index < -0.39 is 0 Å². The van der Waals surface area contributed by atoms with Crippen LogP contribution in [0, 0.1) is 0 Å². The fourth-order valence-corrected chi connectivity index (χ4v) is 0.474. The summed E-state index contributed by atoms with van der Waals surface area (Å²) < 4.78 is 0. The summed E-state index contributed by atoms with van der Waals surface area (Å²) in [5.41, 5.74) is 0. The first-order valence-electron chi connectivity index (χ1n) is 1.51. The fraction of sp³-hybridized carbons (Fsp3) is 1.00. The molecule has 0 rings (SSSR count). The number of hydrogen-bond acceptors (Lipinski definition) is 1. The van der Waals surface area contributed by atoms with Crippen LogP contribution in [0.5, 0.6) is 0 Å². The molecular weight excluding hydrogens is 131 g/mol. The van der Waals surface area contributed by atoms with Crippen LogP contribution in [-0.2, 0) is 0 Å². The van der Waals surface area contributed by atoms with Crippen LogP contribution in [0.15, 0.2) is 0 Å². The van der Waals surface area contributed by atoms with Crippen LogP contribution in [0.2, 0.25) is 11.1 Å². The molecule has 0 aromatic heterocycles. The fourth-order valence-electron chi connectivity index (χ4n) is 0.0913. The van der Waals surface area contributed by atoms with Crippen LogP contribution in [0.3, 0.4) is 0 Å². The van der Waals surface area contributed by atoms with E-state index in [4.69, 9.17) is 5.11 Å². The van der Waals surface area contributed by atoms with E-state index in [0.717, 1.165) is 5.32 Å². The Kier molecular flexibility index (Phi) is 4.91. The van der Waals surface area contributed by atoms with E-state index in [0.29, 0.717) is 21.6 Å². The first-order chi connectivity index (χ1) is 2.41. The van der Waals surface area contributed by atoms with E-state index >= 15 is 0 Å². The topological polar surface area (TPSA) is 20.2 Å². The molecule has 0 radical (unpaired) electrons. The van der Waals surface area contributed by atoms with Crippen LogP contribution in [0.4, 0.5) is 0 Å². The molecule has 1 N–H and O–H groups in total. The molecule has 0 spiro atoms. The first-order valence-corrected chi connectivity index (χ1v) is 4.44. The van der Waals surface area contributed by atoms with Crippen molar-refractivity contribution in [3.63, 3.8) is 0 Å². The Hall–Kier alpha value is 0.479. The van der Waals surface area contributed by atoms with Crippen LogP contribution < -0.4 is 0 Å². The predicted molar refractivity (Wildman–Crippen MR) is 23.5 cm³/mol. The molecule has 0 atom stereocenters. The van der Waals surface area contributed by atoms with Crippen molar-refractivity contribution >= 4 is 15.0 Å². The van der Waals surface area contributed by atoms with Crippen LogP contribution in [0.25, 0.3) is 0 Å². The predicted octanol–water partition coefficient (Wildman–Crippen LogP) is 0.149. The van der Waals surface area contributed by atoms with E-state index in [1.165, 1.54) is 0 Å². The Morgan fingerprint density at radius 1 is 1.80 bits per heavy atom. The van der Waals surface area contributed by atoms with Gasteiger partial charge in [-0.05, 0) is 0 Å². The van der Waals surface area contributed by atoms with Gasteiger partial charge in [-0.3, -0.25) is 0 Å². The zero-order valence-electron chi connectivity index (χ0n) is 3.27. The van der Waals surface area contributed by atoms with Crippen molar-refractivity contribution in [3.8, 4) is 0 Å². The Bertz CT molecular complexity index is 14.4. The second-order valence-corrected chi connectivity index (χ2v) is 2.78. The van der Waals surface area contributed by atoms with Crippen molar-refractivity contribution in [2.45, 2.75) is 11.1 Å². The summed E-state index contributed by atoms with van der Waals surface area (Å²) in [5, 5.41) is 9.09. The molecule has 0 aromatic rings. The Balaban J connectivity index is 2.19. The third kappa shape index (κ3) is 4.48. The summed E-state index contributed by atoms with van der Waals surface area (Å²) >= 11 is 0.675. The molecule has 0 heterocycles. The summed E-state index contributed by atoms with van der Waals surface area (Å²) in [7, 11) is 0. The molecule has 32 valence electrons. The zero-order chi connectivity index (χ0) is 4.12. The molecule has 1 nitrogen and oxygen atoms in total. The van der Waals surface area contributed by atoms with E-state index in [1.54, 1.807) is 0 Å². The van der Waals surface area contributed by atoms with Crippen molar-refractivity contribution in [3.05, 3.63) is 0 Å². The molecule has 0 aliphatic heterocycles. The average molecular weight is 139 g/mol. The van der Waals surface area contributed by atoms with Crippen molar-refractivity contribution in [2.75, 3.05) is 6.61 Å². The molecule has 0 aliphatic rings. The number of aliphatic hydroxyl groups excluding tert-OH is 1. The molecule has 0 unspecified atom stereocenters. The molecule has 0 saturated heterocycles. The standard InChI is InChI=1S/C3H8OSe/c1-5-3-2-4/h4H,2-3H2,1H3. The number of rotatable bonds is 2. The van der Waals surface area contributed by atoms with Crippen LogP contribution in [0.1, 0.15) is 0 Å². The van der Waals surface area contributed by atoms with E-state index in [2.05, 4.69) is 5.82 Å². The van der Waals surface area contributed by atoms with Gasteiger partial charge in [-0.25, -0.2) is 0 Å². The van der Waals surface area contributed by atoms with Gasteiger partial charge in [0.05, 0.1) is 0 Å². The Morgan fingerprint density at radius 2 is 2.40 bits per heavy atom. The van der Waals surface area contributed by atoms with Gasteiger partial charge < -0.3 is 0 Å². The van der Waals surface area contributed by atoms with E-state index in [-0.39, 0.29) is 0 Å². The van der Waals surface area contributed by atoms with E-state index in [1.807, 2.05) is 0 Å². The second kappa shape index (κ2) is 4.48. The molecule has 0 aliphatic carbocycles. The molecule has 5 heavy (non-hydrogen) atoms. The summed E-state index contributed by atoms with van der Waals surface area (Å²) in [5.74, 6) is 2.11. The van der Waals surface area contributed by atoms with Gasteiger partial charge in [-0.2, -0.15) is 0 Å². The van der Waals surface area contributed by atoms with Gasteiger partial charge >= 0.3 is 37.8 Å². The van der Waals surface area contributed by atoms with Gasteiger partial charge in [0.25, 0.3) is 0 Å². The van der Waals surface area contributed by atoms with Crippen molar-refractivity contribution < 1.29 is 5.11 Å². The van der Waals surface area contributed by atoms with Gasteiger partial charge in [0.1, 0.15) is 0 Å². The van der Waals surface area contributed by atoms with Crippen molar-refractivity contribution in [2.24, 2.45) is 0 Å². The first kappa shape index (κ1) is 5.48. The second-order valence-electron chi connectivity index (χ2n) is 0.716. The van der Waals surface area contributed by atoms with Crippen LogP contribution >= 0.6 is 0 Å². The quantitative estimate of drug-likeness (QED) is 0.540. The van der Waals surface area contributed by atoms with Gasteiger partial charge in [-0.1, -0.05) is 0 Å². The maximum atomic E-state index is 8.08. The minimum absolute atomic E-state index is 0.372. The average Bonchev–Trinajstić information content (AvgIpc) is 1.41. The summed E-state index contributed by atoms with van der Waals surface area (Å²) in [6.45, 7) is 0.372. The molecule has 2 heteroatoms. The van der Waals surface area contributed by atoms with Gasteiger partial charge in [0.15, 0.2) is 0 Å². The van der Waals surface area contributed by atoms with Crippen molar-refractivity contribution in [1.82, 2.24) is 0 Å². The third-order valence-electron chi connectivity index (χ3n) is 0.295. The minimum atomic E-state index is 0.372. The zero-order valence-corrected chi connectivity index (χ0v) is 4.98. The normalized spacial score (nSPS) is 8.40. The monoisotopic (exact) mass is 140 g/mol. The molecular formula is C3H8OSe. The van der Waals surface area contributed by atoms with Gasteiger partial charge in [0, 0.05) is 0 Å². The third-order valence-corrected chi connectivity index (χ3v) is 1.54. The molecule has 0 aromatic carbocycles. The number of aliphatic hydroxyl groups is 1. The van der Waals surface area contributed by atoms with Crippen LogP contribution in [-0.4, -0.2) is 26.7 Å². The molecule has 0 fully saturated rings. The number of hydrogen-bond donors (Lipinski definition) is 1. The summed E-state index contributed by atoms with van der Waals surface area (Å²) in [6.07, 6.45) is 0. The van der Waals surface area contributed by atoms with Gasteiger partial charge in [-0.15, -0.1) is 0 Å². The van der Waals surface area contributed by atoms with Gasteiger partial charge in [0.2, 0.25) is 0 Å². The molecule has 0 bridgehead atoms. The Morgan fingerprint density at radius 3 is 2.40 bits per heavy atom. The van der Waals surface area contributed by atoms with E-state index in [9.17, 15) is 0 Å². The molecule has 0 amide bonds.